The number of aryl methyl sites for hydroxylation is 1. The molecule has 0 saturated carbocycles. The van der Waals surface area contributed by atoms with Crippen LogP contribution >= 0.6 is 0 Å². The molecule has 32 heavy (non-hydrogen) atoms. The number of hydrogen-bond acceptors (Lipinski definition) is 1. The summed E-state index contributed by atoms with van der Waals surface area (Å²) in [6.07, 6.45) is 4.79. The summed E-state index contributed by atoms with van der Waals surface area (Å²) in [5.74, 6) is 0. The van der Waals surface area contributed by atoms with Crippen molar-refractivity contribution < 1.29 is 0 Å². The van der Waals surface area contributed by atoms with Gasteiger partial charge in [0.25, 0.3) is 0 Å². The molecule has 0 N–H and O–H groups in total. The maximum atomic E-state index is 3.00. The van der Waals surface area contributed by atoms with Gasteiger partial charge in [0.1, 0.15) is 0 Å². The molecule has 1 heteroatoms. The minimum atomic E-state index is 0.143. The van der Waals surface area contributed by atoms with E-state index >= 15 is 0 Å². The van der Waals surface area contributed by atoms with Crippen LogP contribution in [0.4, 0.5) is 0 Å². The van der Waals surface area contributed by atoms with Crippen molar-refractivity contribution in [3.8, 4) is 0 Å². The number of nitrogens with zero attached hydrogens (tertiary/aromatic N) is 1. The standard InChI is InChI=1S/C29H43N.C2H4/c1-23(29(5,6)7)27(26-17-10-9-11-18-26)30(8)22-20-25-16-13-12-15-24(25)19-14-21-28(2,3)4;1-2/h9-13,15-18H,14,19-22H2,1-8H3;1-2H2/b27-23+;. The van der Waals surface area contributed by atoms with Gasteiger partial charge in [-0.05, 0) is 65.7 Å². The van der Waals surface area contributed by atoms with Crippen LogP contribution in [-0.2, 0) is 12.8 Å². The Hall–Kier alpha value is -2.28. The van der Waals surface area contributed by atoms with Crippen molar-refractivity contribution in [2.75, 3.05) is 13.6 Å². The van der Waals surface area contributed by atoms with Gasteiger partial charge >= 0.3 is 0 Å². The highest BCUT2D eigenvalue weighted by Gasteiger charge is 2.21. The molecule has 0 amide bonds. The van der Waals surface area contributed by atoms with E-state index in [1.807, 2.05) is 0 Å². The van der Waals surface area contributed by atoms with Gasteiger partial charge in [-0.3, -0.25) is 0 Å². The zero-order valence-corrected chi connectivity index (χ0v) is 22.1. The van der Waals surface area contributed by atoms with Crippen LogP contribution in [0.25, 0.3) is 5.70 Å². The first kappa shape index (κ1) is 27.8. The first-order valence-corrected chi connectivity index (χ1v) is 12.0. The second-order valence-corrected chi connectivity index (χ2v) is 10.9. The summed E-state index contributed by atoms with van der Waals surface area (Å²) in [5, 5.41) is 0. The van der Waals surface area contributed by atoms with Crippen LogP contribution in [0.3, 0.4) is 0 Å². The van der Waals surface area contributed by atoms with Crippen molar-refractivity contribution in [2.45, 2.75) is 74.1 Å². The Morgan fingerprint density at radius 2 is 1.28 bits per heavy atom. The molecule has 176 valence electrons. The molecule has 1 nitrogen and oxygen atoms in total. The van der Waals surface area contributed by atoms with Crippen LogP contribution in [-0.4, -0.2) is 18.5 Å². The van der Waals surface area contributed by atoms with Gasteiger partial charge in [0.15, 0.2) is 0 Å². The second-order valence-electron chi connectivity index (χ2n) is 10.9. The van der Waals surface area contributed by atoms with E-state index < -0.39 is 0 Å². The van der Waals surface area contributed by atoms with Gasteiger partial charge in [-0.1, -0.05) is 96.1 Å². The molecule has 0 bridgehead atoms. The quantitative estimate of drug-likeness (QED) is 0.376. The summed E-state index contributed by atoms with van der Waals surface area (Å²) in [5.41, 5.74) is 7.69. The third-order valence-electron chi connectivity index (χ3n) is 6.12. The fourth-order valence-electron chi connectivity index (χ4n) is 3.93. The van der Waals surface area contributed by atoms with Gasteiger partial charge < -0.3 is 4.90 Å². The predicted molar refractivity (Wildman–Crippen MR) is 145 cm³/mol. The van der Waals surface area contributed by atoms with Crippen molar-refractivity contribution >= 4 is 5.70 Å². The molecule has 2 rings (SSSR count). The Morgan fingerprint density at radius 1 is 0.781 bits per heavy atom. The van der Waals surface area contributed by atoms with E-state index in [1.54, 1.807) is 0 Å². The molecule has 0 unspecified atom stereocenters. The molecule has 0 aromatic heterocycles. The molecular weight excluding hydrogens is 386 g/mol. The fourth-order valence-corrected chi connectivity index (χ4v) is 3.93. The van der Waals surface area contributed by atoms with Crippen molar-refractivity contribution in [1.29, 1.82) is 0 Å². The largest absolute Gasteiger partial charge is 0.374 e. The van der Waals surface area contributed by atoms with Crippen molar-refractivity contribution in [1.82, 2.24) is 4.90 Å². The summed E-state index contributed by atoms with van der Waals surface area (Å²) >= 11 is 0. The summed E-state index contributed by atoms with van der Waals surface area (Å²) < 4.78 is 0. The van der Waals surface area contributed by atoms with E-state index in [-0.39, 0.29) is 5.41 Å². The highest BCUT2D eigenvalue weighted by Crippen LogP contribution is 2.33. The Morgan fingerprint density at radius 3 is 1.78 bits per heavy atom. The molecular formula is C31H47N. The van der Waals surface area contributed by atoms with Crippen LogP contribution in [0.2, 0.25) is 0 Å². The number of allylic oxidation sites excluding steroid dienone is 1. The lowest BCUT2D eigenvalue weighted by molar-refractivity contribution is 0.365. The molecule has 0 radical (unpaired) electrons. The molecule has 0 saturated heterocycles. The first-order valence-electron chi connectivity index (χ1n) is 12.0. The summed E-state index contributed by atoms with van der Waals surface area (Å²) in [6, 6.07) is 19.9. The normalized spacial score (nSPS) is 12.5. The summed E-state index contributed by atoms with van der Waals surface area (Å²) in [7, 11) is 2.25. The van der Waals surface area contributed by atoms with Gasteiger partial charge in [0.2, 0.25) is 0 Å². The maximum absolute atomic E-state index is 3.00. The number of likely N-dealkylation sites (N-methyl/N-ethyl adjacent to an activating group) is 1. The average Bonchev–Trinajstić information content (AvgIpc) is 2.74. The SMILES string of the molecule is C/C(=C(/c1ccccc1)N(C)CCc1ccccc1CCCC(C)(C)C)C(C)(C)C.C=C. The minimum Gasteiger partial charge on any atom is -0.374 e. The Labute approximate surface area is 199 Å². The number of benzene rings is 2. The third-order valence-corrected chi connectivity index (χ3v) is 6.12. The van der Waals surface area contributed by atoms with Crippen LogP contribution < -0.4 is 0 Å². The van der Waals surface area contributed by atoms with E-state index in [1.165, 1.54) is 47.2 Å². The highest BCUT2D eigenvalue weighted by atomic mass is 15.1. The van der Waals surface area contributed by atoms with E-state index in [9.17, 15) is 0 Å². The highest BCUT2D eigenvalue weighted by molar-refractivity contribution is 5.67. The first-order chi connectivity index (χ1) is 15.0. The van der Waals surface area contributed by atoms with E-state index in [2.05, 4.69) is 128 Å². The molecule has 0 aliphatic heterocycles. The molecule has 2 aromatic carbocycles. The van der Waals surface area contributed by atoms with Gasteiger partial charge in [-0.2, -0.15) is 0 Å². The lowest BCUT2D eigenvalue weighted by atomic mass is 9.84. The average molecular weight is 434 g/mol. The Bertz CT molecular complexity index is 831. The zero-order valence-electron chi connectivity index (χ0n) is 22.1. The van der Waals surface area contributed by atoms with Crippen molar-refractivity contribution in [3.63, 3.8) is 0 Å². The smallest absolute Gasteiger partial charge is 0.0431 e. The van der Waals surface area contributed by atoms with Crippen LogP contribution in [0.15, 0.2) is 73.3 Å². The van der Waals surface area contributed by atoms with Crippen LogP contribution in [0.1, 0.15) is 78.0 Å². The molecule has 0 spiro atoms. The minimum absolute atomic E-state index is 0.143. The zero-order chi connectivity index (χ0) is 24.4. The van der Waals surface area contributed by atoms with Crippen molar-refractivity contribution in [2.24, 2.45) is 10.8 Å². The molecule has 0 atom stereocenters. The summed E-state index contributed by atoms with van der Waals surface area (Å²) in [4.78, 5) is 2.46. The monoisotopic (exact) mass is 433 g/mol. The molecule has 0 heterocycles. The van der Waals surface area contributed by atoms with Gasteiger partial charge in [0, 0.05) is 19.3 Å². The molecule has 0 aliphatic rings. The van der Waals surface area contributed by atoms with Crippen LogP contribution in [0, 0.1) is 10.8 Å². The van der Waals surface area contributed by atoms with Crippen molar-refractivity contribution in [3.05, 3.63) is 90.0 Å². The van der Waals surface area contributed by atoms with E-state index in [0.717, 1.165) is 13.0 Å². The maximum Gasteiger partial charge on any atom is 0.0431 e. The lowest BCUT2D eigenvalue weighted by Gasteiger charge is -2.31. The molecule has 0 fully saturated rings. The molecule has 0 aliphatic carbocycles. The Kier molecular flexibility index (Phi) is 11.0. The second kappa shape index (κ2) is 12.7. The fraction of sp³-hybridized carbons (Fsp3) is 0.484. The third kappa shape index (κ3) is 9.07. The van der Waals surface area contributed by atoms with Gasteiger partial charge in [-0.15, -0.1) is 13.2 Å². The number of rotatable bonds is 8. The molecule has 2 aromatic rings. The topological polar surface area (TPSA) is 3.24 Å². The predicted octanol–water partition coefficient (Wildman–Crippen LogP) is 8.81. The van der Waals surface area contributed by atoms with E-state index in [4.69, 9.17) is 0 Å². The number of hydrogen-bond donors (Lipinski definition) is 0. The van der Waals surface area contributed by atoms with Gasteiger partial charge in [0.05, 0.1) is 0 Å². The van der Waals surface area contributed by atoms with Crippen LogP contribution in [0.5, 0.6) is 0 Å². The Balaban J connectivity index is 0.00000249. The summed E-state index contributed by atoms with van der Waals surface area (Å²) in [6.45, 7) is 23.2. The lowest BCUT2D eigenvalue weighted by Crippen LogP contribution is -2.24. The van der Waals surface area contributed by atoms with E-state index in [0.29, 0.717) is 5.41 Å². The van der Waals surface area contributed by atoms with Gasteiger partial charge in [-0.25, -0.2) is 0 Å².